The number of hydrogen-bond acceptors (Lipinski definition) is 3. The van der Waals surface area contributed by atoms with Gasteiger partial charge in [0.1, 0.15) is 5.60 Å². The Morgan fingerprint density at radius 2 is 2.00 bits per heavy atom. The number of carbonyl (C=O) groups is 1. The third-order valence-electron chi connectivity index (χ3n) is 4.86. The summed E-state index contributed by atoms with van der Waals surface area (Å²) in [6.45, 7) is 9.81. The molecular weight excluding hydrogens is 230 g/mol. The lowest BCUT2D eigenvalue weighted by atomic mass is 9.75. The van der Waals surface area contributed by atoms with E-state index in [2.05, 4.69) is 19.2 Å². The zero-order valence-electron chi connectivity index (χ0n) is 12.0. The van der Waals surface area contributed by atoms with Gasteiger partial charge in [-0.05, 0) is 51.4 Å². The minimum absolute atomic E-state index is 0.0661. The second-order valence-electron chi connectivity index (χ2n) is 7.31. The van der Waals surface area contributed by atoms with Crippen molar-refractivity contribution in [3.63, 3.8) is 0 Å². The van der Waals surface area contributed by atoms with Crippen molar-refractivity contribution in [1.82, 2.24) is 5.32 Å². The highest BCUT2D eigenvalue weighted by molar-refractivity contribution is 5.69. The van der Waals surface area contributed by atoms with Crippen LogP contribution in [0, 0.1) is 11.3 Å². The molecule has 1 amide bonds. The maximum Gasteiger partial charge on any atom is 0.408 e. The Hall–Kier alpha value is -0.770. The Kier molecular flexibility index (Phi) is 2.93. The van der Waals surface area contributed by atoms with Crippen LogP contribution in [0.4, 0.5) is 4.79 Å². The standard InChI is InChI=1S/C14H25NO3/c1-12(2,3)18-11(17)15-14-7-6-9(8-10(14)16)13(14,4)5/h9-10,16H,6-8H2,1-5H3,(H,15,17). The first kappa shape index (κ1) is 13.7. The molecule has 0 radical (unpaired) electrons. The Bertz CT molecular complexity index is 359. The summed E-state index contributed by atoms with van der Waals surface area (Å²) in [5, 5.41) is 13.3. The first-order valence-corrected chi connectivity index (χ1v) is 6.78. The van der Waals surface area contributed by atoms with Gasteiger partial charge in [0.2, 0.25) is 0 Å². The molecule has 2 fully saturated rings. The predicted octanol–water partition coefficient (Wildman–Crippen LogP) is 2.45. The van der Waals surface area contributed by atoms with E-state index in [9.17, 15) is 9.90 Å². The molecule has 0 saturated heterocycles. The molecule has 2 saturated carbocycles. The molecule has 0 aromatic heterocycles. The van der Waals surface area contributed by atoms with Crippen molar-refractivity contribution < 1.29 is 14.6 Å². The van der Waals surface area contributed by atoms with Crippen LogP contribution in [0.5, 0.6) is 0 Å². The van der Waals surface area contributed by atoms with Gasteiger partial charge in [-0.25, -0.2) is 4.79 Å². The number of aliphatic hydroxyl groups excluding tert-OH is 1. The van der Waals surface area contributed by atoms with E-state index in [-0.39, 0.29) is 5.41 Å². The van der Waals surface area contributed by atoms with Gasteiger partial charge < -0.3 is 15.2 Å². The Morgan fingerprint density at radius 1 is 1.39 bits per heavy atom. The highest BCUT2D eigenvalue weighted by Gasteiger charge is 2.64. The average Bonchev–Trinajstić information content (AvgIpc) is 2.47. The minimum atomic E-state index is -0.514. The maximum atomic E-state index is 12.0. The molecule has 104 valence electrons. The number of amides is 1. The van der Waals surface area contributed by atoms with Crippen molar-refractivity contribution in [3.05, 3.63) is 0 Å². The van der Waals surface area contributed by atoms with Crippen molar-refractivity contribution in [2.45, 2.75) is 71.1 Å². The first-order chi connectivity index (χ1) is 8.08. The normalized spacial score (nSPS) is 37.7. The first-order valence-electron chi connectivity index (χ1n) is 6.78. The lowest BCUT2D eigenvalue weighted by Crippen LogP contribution is -2.60. The molecular formula is C14H25NO3. The molecule has 0 heterocycles. The molecule has 0 aliphatic heterocycles. The predicted molar refractivity (Wildman–Crippen MR) is 69.2 cm³/mol. The molecule has 18 heavy (non-hydrogen) atoms. The molecule has 0 aromatic rings. The summed E-state index contributed by atoms with van der Waals surface area (Å²) in [6.07, 6.45) is 1.81. The van der Waals surface area contributed by atoms with E-state index in [1.807, 2.05) is 20.8 Å². The molecule has 0 spiro atoms. The topological polar surface area (TPSA) is 58.6 Å². The van der Waals surface area contributed by atoms with E-state index in [4.69, 9.17) is 4.74 Å². The number of ether oxygens (including phenoxy) is 1. The van der Waals surface area contributed by atoms with Gasteiger partial charge in [0, 0.05) is 0 Å². The molecule has 3 atom stereocenters. The third kappa shape index (κ3) is 1.91. The molecule has 2 rings (SSSR count). The van der Waals surface area contributed by atoms with Crippen molar-refractivity contribution >= 4 is 6.09 Å². The smallest absolute Gasteiger partial charge is 0.408 e. The molecule has 4 nitrogen and oxygen atoms in total. The summed E-state index contributed by atoms with van der Waals surface area (Å²) in [5.74, 6) is 0.488. The zero-order valence-corrected chi connectivity index (χ0v) is 12.0. The molecule has 2 N–H and O–H groups in total. The number of aliphatic hydroxyl groups is 1. The van der Waals surface area contributed by atoms with Crippen LogP contribution in [-0.4, -0.2) is 28.4 Å². The number of carbonyl (C=O) groups excluding carboxylic acids is 1. The fraction of sp³-hybridized carbons (Fsp3) is 0.929. The summed E-state index contributed by atoms with van der Waals surface area (Å²) < 4.78 is 5.33. The van der Waals surface area contributed by atoms with Crippen LogP contribution >= 0.6 is 0 Å². The maximum absolute atomic E-state index is 12.0. The van der Waals surface area contributed by atoms with Crippen LogP contribution < -0.4 is 5.32 Å². The van der Waals surface area contributed by atoms with Crippen molar-refractivity contribution in [2.75, 3.05) is 0 Å². The van der Waals surface area contributed by atoms with Gasteiger partial charge >= 0.3 is 6.09 Å². The highest BCUT2D eigenvalue weighted by atomic mass is 16.6. The third-order valence-corrected chi connectivity index (χ3v) is 4.86. The number of nitrogens with one attached hydrogen (secondary N) is 1. The lowest BCUT2D eigenvalue weighted by Gasteiger charge is -2.41. The van der Waals surface area contributed by atoms with Crippen LogP contribution in [0.2, 0.25) is 0 Å². The van der Waals surface area contributed by atoms with Gasteiger partial charge in [-0.15, -0.1) is 0 Å². The largest absolute Gasteiger partial charge is 0.444 e. The van der Waals surface area contributed by atoms with E-state index in [1.165, 1.54) is 0 Å². The summed E-state index contributed by atoms with van der Waals surface area (Å²) in [7, 11) is 0. The van der Waals surface area contributed by atoms with Crippen molar-refractivity contribution in [2.24, 2.45) is 11.3 Å². The number of fused-ring (bicyclic) bond motifs is 2. The van der Waals surface area contributed by atoms with Crippen LogP contribution in [0.1, 0.15) is 53.9 Å². The average molecular weight is 255 g/mol. The molecule has 2 bridgehead atoms. The van der Waals surface area contributed by atoms with Crippen LogP contribution in [0.25, 0.3) is 0 Å². The number of alkyl carbamates (subject to hydrolysis) is 1. The summed E-state index contributed by atoms with van der Waals surface area (Å²) in [4.78, 5) is 12.0. The quantitative estimate of drug-likeness (QED) is 0.756. The van der Waals surface area contributed by atoms with E-state index in [0.29, 0.717) is 5.92 Å². The molecule has 0 aromatic carbocycles. The van der Waals surface area contributed by atoms with Gasteiger partial charge in [-0.3, -0.25) is 0 Å². The fourth-order valence-corrected chi connectivity index (χ4v) is 3.72. The zero-order chi connectivity index (χ0) is 13.8. The van der Waals surface area contributed by atoms with E-state index in [0.717, 1.165) is 19.3 Å². The Balaban J connectivity index is 2.14. The van der Waals surface area contributed by atoms with E-state index < -0.39 is 23.3 Å². The second-order valence-corrected chi connectivity index (χ2v) is 7.31. The Morgan fingerprint density at radius 3 is 2.39 bits per heavy atom. The van der Waals surface area contributed by atoms with Crippen molar-refractivity contribution in [1.29, 1.82) is 0 Å². The van der Waals surface area contributed by atoms with Gasteiger partial charge in [0.15, 0.2) is 0 Å². The lowest BCUT2D eigenvalue weighted by molar-refractivity contribution is 0.00882. The van der Waals surface area contributed by atoms with Crippen LogP contribution in [0.3, 0.4) is 0 Å². The van der Waals surface area contributed by atoms with E-state index in [1.54, 1.807) is 0 Å². The molecule has 3 unspecified atom stereocenters. The van der Waals surface area contributed by atoms with Gasteiger partial charge in [-0.1, -0.05) is 13.8 Å². The summed E-state index contributed by atoms with van der Waals surface area (Å²) in [6, 6.07) is 0. The van der Waals surface area contributed by atoms with Crippen molar-refractivity contribution in [3.8, 4) is 0 Å². The fourth-order valence-electron chi connectivity index (χ4n) is 3.72. The monoisotopic (exact) mass is 255 g/mol. The summed E-state index contributed by atoms with van der Waals surface area (Å²) >= 11 is 0. The van der Waals surface area contributed by atoms with Gasteiger partial charge in [0.05, 0.1) is 11.6 Å². The summed E-state index contributed by atoms with van der Waals surface area (Å²) in [5.41, 5.74) is -1.09. The van der Waals surface area contributed by atoms with Crippen LogP contribution in [-0.2, 0) is 4.74 Å². The molecule has 4 heteroatoms. The van der Waals surface area contributed by atoms with Gasteiger partial charge in [0.25, 0.3) is 0 Å². The molecule has 2 aliphatic carbocycles. The van der Waals surface area contributed by atoms with Crippen LogP contribution in [0.15, 0.2) is 0 Å². The number of hydrogen-bond donors (Lipinski definition) is 2. The minimum Gasteiger partial charge on any atom is -0.444 e. The van der Waals surface area contributed by atoms with E-state index >= 15 is 0 Å². The molecule has 2 aliphatic rings. The number of rotatable bonds is 1. The Labute approximate surface area is 109 Å². The van der Waals surface area contributed by atoms with Gasteiger partial charge in [-0.2, -0.15) is 0 Å². The highest BCUT2D eigenvalue weighted by Crippen LogP contribution is 2.60. The second kappa shape index (κ2) is 3.86. The SMILES string of the molecule is CC(C)(C)OC(=O)NC12CCC(CC1O)C2(C)C.